The Morgan fingerprint density at radius 3 is 2.58 bits per heavy atom. The summed E-state index contributed by atoms with van der Waals surface area (Å²) >= 11 is 0. The van der Waals surface area contributed by atoms with Gasteiger partial charge in [0.1, 0.15) is 12.6 Å². The molecule has 0 spiro atoms. The molecule has 2 aliphatic rings. The fourth-order valence-electron chi connectivity index (χ4n) is 3.98. The van der Waals surface area contributed by atoms with Gasteiger partial charge in [-0.05, 0) is 37.0 Å². The molecule has 3 N–H and O–H groups in total. The Morgan fingerprint density at radius 1 is 1.30 bits per heavy atom. The van der Waals surface area contributed by atoms with Gasteiger partial charge >= 0.3 is 6.18 Å². The normalized spacial score (nSPS) is 18.5. The van der Waals surface area contributed by atoms with E-state index in [0.717, 1.165) is 30.2 Å². The van der Waals surface area contributed by atoms with E-state index in [4.69, 9.17) is 10.5 Å². The summed E-state index contributed by atoms with van der Waals surface area (Å²) in [5, 5.41) is 2.32. The lowest BCUT2D eigenvalue weighted by molar-refractivity contribution is -0.155. The summed E-state index contributed by atoms with van der Waals surface area (Å²) in [6.07, 6.45) is -5.08. The molecule has 0 unspecified atom stereocenters. The highest BCUT2D eigenvalue weighted by molar-refractivity contribution is 5.97. The van der Waals surface area contributed by atoms with Gasteiger partial charge in [-0.2, -0.15) is 13.2 Å². The first-order chi connectivity index (χ1) is 15.6. The topological polar surface area (TPSA) is 87.9 Å². The van der Waals surface area contributed by atoms with Crippen LogP contribution in [0.3, 0.4) is 0 Å². The number of hydrogen-bond acceptors (Lipinski definition) is 5. The fraction of sp³-hybridized carbons (Fsp3) is 0.619. The average Bonchev–Trinajstić information content (AvgIpc) is 2.70. The van der Waals surface area contributed by atoms with Crippen LogP contribution in [0.2, 0.25) is 0 Å². The van der Waals surface area contributed by atoms with Gasteiger partial charge in [0.15, 0.2) is 0 Å². The minimum atomic E-state index is -4.54. The summed E-state index contributed by atoms with van der Waals surface area (Å²) in [4.78, 5) is 27.1. The average molecular weight is 478 g/mol. The Labute approximate surface area is 188 Å². The number of alkyl halides is 5. The number of benzene rings is 1. The van der Waals surface area contributed by atoms with Gasteiger partial charge in [-0.3, -0.25) is 14.5 Å². The van der Waals surface area contributed by atoms with E-state index >= 15 is 0 Å². The second kappa shape index (κ2) is 10.7. The van der Waals surface area contributed by atoms with Crippen molar-refractivity contribution in [2.24, 2.45) is 11.7 Å². The Hall–Kier alpha value is -2.31. The van der Waals surface area contributed by atoms with E-state index < -0.39 is 43.2 Å². The first-order valence-corrected chi connectivity index (χ1v) is 10.7. The van der Waals surface area contributed by atoms with E-state index in [1.54, 1.807) is 0 Å². The van der Waals surface area contributed by atoms with Gasteiger partial charge in [0.05, 0.1) is 13.2 Å². The van der Waals surface area contributed by atoms with E-state index in [9.17, 15) is 31.5 Å². The van der Waals surface area contributed by atoms with Gasteiger partial charge in [0, 0.05) is 36.6 Å². The zero-order valence-electron chi connectivity index (χ0n) is 17.9. The van der Waals surface area contributed by atoms with E-state index in [1.165, 1.54) is 17.0 Å². The van der Waals surface area contributed by atoms with E-state index in [0.29, 0.717) is 0 Å². The van der Waals surface area contributed by atoms with Crippen molar-refractivity contribution in [1.29, 1.82) is 0 Å². The minimum Gasteiger partial charge on any atom is -0.370 e. The number of anilines is 2. The molecule has 1 aromatic rings. The van der Waals surface area contributed by atoms with Gasteiger partial charge in [0.2, 0.25) is 5.91 Å². The molecule has 0 aromatic heterocycles. The number of halogens is 5. The molecule has 1 aliphatic carbocycles. The van der Waals surface area contributed by atoms with E-state index in [2.05, 4.69) is 5.32 Å². The third-order valence-electron chi connectivity index (χ3n) is 5.89. The highest BCUT2D eigenvalue weighted by Crippen LogP contribution is 2.33. The number of ether oxygens (including phenoxy) is 1. The van der Waals surface area contributed by atoms with Crippen LogP contribution >= 0.6 is 0 Å². The number of rotatable bonds is 9. The molecular formula is C21H27F5N4O3. The van der Waals surface area contributed by atoms with Crippen molar-refractivity contribution in [2.75, 3.05) is 49.6 Å². The highest BCUT2D eigenvalue weighted by atomic mass is 19.4. The molecule has 0 bridgehead atoms. The Bertz CT molecular complexity index is 848. The minimum absolute atomic E-state index is 0.0381. The molecule has 184 valence electrons. The van der Waals surface area contributed by atoms with Crippen LogP contribution in [0.4, 0.5) is 33.3 Å². The van der Waals surface area contributed by atoms with Crippen LogP contribution < -0.4 is 16.0 Å². The number of nitrogens with zero attached hydrogens (tertiary/aromatic N) is 2. The van der Waals surface area contributed by atoms with Crippen molar-refractivity contribution in [3.63, 3.8) is 0 Å². The van der Waals surface area contributed by atoms with Crippen LogP contribution in [0.25, 0.3) is 0 Å². The van der Waals surface area contributed by atoms with Crippen LogP contribution in [0.1, 0.15) is 31.3 Å². The second-order valence-corrected chi connectivity index (χ2v) is 8.25. The number of morpholine rings is 1. The molecule has 2 fully saturated rings. The third kappa shape index (κ3) is 6.61. The molecule has 1 heterocycles. The van der Waals surface area contributed by atoms with Gasteiger partial charge in [-0.25, -0.2) is 8.78 Å². The van der Waals surface area contributed by atoms with Gasteiger partial charge in [0.25, 0.3) is 12.3 Å². The summed E-state index contributed by atoms with van der Waals surface area (Å²) in [5.74, 6) is -1.24. The first-order valence-electron chi connectivity index (χ1n) is 10.7. The fourth-order valence-corrected chi connectivity index (χ4v) is 3.98. The second-order valence-electron chi connectivity index (χ2n) is 8.25. The maximum Gasteiger partial charge on any atom is 0.401 e. The standard InChI is InChI=1S/C21H27F5N4O3/c22-19(23)15-8-14(30-6-7-33-11-18(30)31)4-5-16(15)28-20(32)17(9-27)29(12-21(24,25)26)10-13-2-1-3-13/h4-5,8,13,17,19H,1-3,6-7,9-12,27H2,(H,28,32)/t17-/m0/s1. The van der Waals surface area contributed by atoms with Crippen LogP contribution in [0.5, 0.6) is 0 Å². The summed E-state index contributed by atoms with van der Waals surface area (Å²) in [6.45, 7) is -1.40. The summed E-state index contributed by atoms with van der Waals surface area (Å²) in [7, 11) is 0. The lowest BCUT2D eigenvalue weighted by Crippen LogP contribution is -2.53. The zero-order chi connectivity index (χ0) is 24.2. The molecule has 1 aromatic carbocycles. The van der Waals surface area contributed by atoms with E-state index in [-0.39, 0.29) is 49.5 Å². The number of nitrogens with one attached hydrogen (secondary N) is 1. The van der Waals surface area contributed by atoms with Crippen LogP contribution in [-0.4, -0.2) is 68.3 Å². The molecule has 33 heavy (non-hydrogen) atoms. The molecule has 1 saturated heterocycles. The predicted molar refractivity (Wildman–Crippen MR) is 111 cm³/mol. The zero-order valence-corrected chi connectivity index (χ0v) is 17.9. The smallest absolute Gasteiger partial charge is 0.370 e. The maximum absolute atomic E-state index is 13.7. The first kappa shape index (κ1) is 25.3. The number of carbonyl (C=O) groups excluding carboxylic acids is 2. The third-order valence-corrected chi connectivity index (χ3v) is 5.89. The van der Waals surface area contributed by atoms with Crippen LogP contribution in [-0.2, 0) is 14.3 Å². The molecule has 7 nitrogen and oxygen atoms in total. The predicted octanol–water partition coefficient (Wildman–Crippen LogP) is 2.92. The molecule has 12 heteroatoms. The largest absolute Gasteiger partial charge is 0.401 e. The monoisotopic (exact) mass is 478 g/mol. The summed E-state index contributed by atoms with van der Waals surface area (Å²) in [5.41, 5.74) is 5.07. The van der Waals surface area contributed by atoms with Crippen molar-refractivity contribution in [1.82, 2.24) is 4.90 Å². The van der Waals surface area contributed by atoms with Crippen LogP contribution in [0, 0.1) is 5.92 Å². The molecule has 0 radical (unpaired) electrons. The molecule has 1 aliphatic heterocycles. The summed E-state index contributed by atoms with van der Waals surface area (Å²) < 4.78 is 71.9. The number of nitrogens with two attached hydrogens (primary N) is 1. The molecule has 1 atom stereocenters. The van der Waals surface area contributed by atoms with Crippen LogP contribution in [0.15, 0.2) is 18.2 Å². The van der Waals surface area contributed by atoms with Gasteiger partial charge in [-0.15, -0.1) is 0 Å². The van der Waals surface area contributed by atoms with Crippen molar-refractivity contribution in [3.8, 4) is 0 Å². The van der Waals surface area contributed by atoms with Crippen molar-refractivity contribution < 1.29 is 36.3 Å². The lowest BCUT2D eigenvalue weighted by Gasteiger charge is -2.36. The number of carbonyl (C=O) groups is 2. The van der Waals surface area contributed by atoms with E-state index in [1.807, 2.05) is 0 Å². The Kier molecular flexibility index (Phi) is 8.24. The van der Waals surface area contributed by atoms with Gasteiger partial charge < -0.3 is 20.7 Å². The molecule has 1 saturated carbocycles. The molecule has 3 rings (SSSR count). The van der Waals surface area contributed by atoms with Gasteiger partial charge in [-0.1, -0.05) is 6.42 Å². The van der Waals surface area contributed by atoms with Crippen molar-refractivity contribution >= 4 is 23.2 Å². The summed E-state index contributed by atoms with van der Waals surface area (Å²) in [6, 6.07) is 2.36. The number of hydrogen-bond donors (Lipinski definition) is 2. The van der Waals surface area contributed by atoms with Crippen molar-refractivity contribution in [3.05, 3.63) is 23.8 Å². The molecule has 2 amide bonds. The number of amides is 2. The highest BCUT2D eigenvalue weighted by Gasteiger charge is 2.38. The quantitative estimate of drug-likeness (QED) is 0.533. The Morgan fingerprint density at radius 2 is 2.03 bits per heavy atom. The lowest BCUT2D eigenvalue weighted by atomic mass is 9.85. The van der Waals surface area contributed by atoms with Crippen molar-refractivity contribution in [2.45, 2.75) is 37.9 Å². The molecular weight excluding hydrogens is 451 g/mol. The maximum atomic E-state index is 13.7. The SMILES string of the molecule is NC[C@@H](C(=O)Nc1ccc(N2CCOCC2=O)cc1C(F)F)N(CC1CCC1)CC(F)(F)F. The Balaban J connectivity index is 1.80.